The molecule has 6 rings (SSSR count). The van der Waals surface area contributed by atoms with E-state index in [0.717, 1.165) is 52.2 Å². The van der Waals surface area contributed by atoms with Crippen LogP contribution >= 0.6 is 11.8 Å². The van der Waals surface area contributed by atoms with E-state index in [-0.39, 0.29) is 11.0 Å². The molecule has 2 aliphatic heterocycles. The van der Waals surface area contributed by atoms with Crippen LogP contribution in [0.4, 0.5) is 8.78 Å². The molecule has 2 heterocycles. The Hall–Kier alpha value is -3.09. The van der Waals surface area contributed by atoms with E-state index in [1.165, 1.54) is 37.1 Å². The van der Waals surface area contributed by atoms with Crippen LogP contribution in [0.15, 0.2) is 71.6 Å². The second kappa shape index (κ2) is 9.75. The van der Waals surface area contributed by atoms with Crippen molar-refractivity contribution in [2.75, 3.05) is 13.2 Å². The number of nitrogens with one attached hydrogen (secondary N) is 1. The van der Waals surface area contributed by atoms with Gasteiger partial charge in [-0.3, -0.25) is 0 Å². The van der Waals surface area contributed by atoms with Gasteiger partial charge in [0.05, 0.1) is 16.8 Å². The number of hydrogen-bond acceptors (Lipinski definition) is 4. The van der Waals surface area contributed by atoms with Gasteiger partial charge in [-0.05, 0) is 83.6 Å². The molecule has 36 heavy (non-hydrogen) atoms. The molecule has 2 unspecified atom stereocenters. The van der Waals surface area contributed by atoms with Gasteiger partial charge < -0.3 is 15.2 Å². The summed E-state index contributed by atoms with van der Waals surface area (Å²) in [6.45, 7) is 1.75. The summed E-state index contributed by atoms with van der Waals surface area (Å²) in [6.07, 6.45) is 4.71. The van der Waals surface area contributed by atoms with Crippen molar-refractivity contribution in [2.24, 2.45) is 0 Å². The van der Waals surface area contributed by atoms with E-state index < -0.39 is 11.6 Å². The average molecular weight is 504 g/mol. The minimum atomic E-state index is -0.591. The zero-order valence-electron chi connectivity index (χ0n) is 19.8. The van der Waals surface area contributed by atoms with Crippen LogP contribution in [0.5, 0.6) is 11.5 Å². The number of benzene rings is 4. The predicted octanol–water partition coefficient (Wildman–Crippen LogP) is 7.60. The molecule has 1 saturated heterocycles. The van der Waals surface area contributed by atoms with Crippen LogP contribution in [0.3, 0.4) is 0 Å². The number of piperidine rings is 1. The number of hydrogen-bond donors (Lipinski definition) is 2. The minimum Gasteiger partial charge on any atom is -0.508 e. The van der Waals surface area contributed by atoms with Crippen LogP contribution in [-0.4, -0.2) is 24.3 Å². The summed E-state index contributed by atoms with van der Waals surface area (Å²) in [5.74, 6) is -0.142. The fourth-order valence-corrected chi connectivity index (χ4v) is 6.75. The Bertz CT molecular complexity index is 1420. The van der Waals surface area contributed by atoms with Crippen LogP contribution in [0.2, 0.25) is 0 Å². The van der Waals surface area contributed by atoms with Crippen LogP contribution in [-0.2, 0) is 0 Å². The number of halogens is 2. The lowest BCUT2D eigenvalue weighted by molar-refractivity contribution is 0.268. The highest BCUT2D eigenvalue weighted by atomic mass is 32.2. The third kappa shape index (κ3) is 4.44. The molecular formula is C30H27F2NO2S. The number of fused-ring (bicyclic) bond motifs is 5. The van der Waals surface area contributed by atoms with E-state index in [2.05, 4.69) is 5.32 Å². The maximum Gasteiger partial charge on any atom is 0.140 e. The Morgan fingerprint density at radius 1 is 0.944 bits per heavy atom. The molecule has 184 valence electrons. The van der Waals surface area contributed by atoms with E-state index in [4.69, 9.17) is 4.74 Å². The topological polar surface area (TPSA) is 41.5 Å². The lowest BCUT2D eigenvalue weighted by Gasteiger charge is -2.29. The van der Waals surface area contributed by atoms with Crippen LogP contribution in [0.1, 0.15) is 42.1 Å². The van der Waals surface area contributed by atoms with Gasteiger partial charge in [-0.1, -0.05) is 36.8 Å². The molecule has 2 aliphatic rings. The van der Waals surface area contributed by atoms with Gasteiger partial charge in [-0.15, -0.1) is 11.8 Å². The molecule has 0 radical (unpaired) electrons. The Morgan fingerprint density at radius 2 is 1.81 bits per heavy atom. The summed E-state index contributed by atoms with van der Waals surface area (Å²) < 4.78 is 35.1. The van der Waals surface area contributed by atoms with Crippen molar-refractivity contribution in [1.29, 1.82) is 0 Å². The SMILES string of the molecule is Oc1ccc2c3c(ccc2c1)-c1cc(F)cc(F)c1SC3c1ccc(OCCC2CCCCN2)cc1. The molecule has 0 aliphatic carbocycles. The van der Waals surface area contributed by atoms with Gasteiger partial charge in [0.25, 0.3) is 0 Å². The molecule has 0 aromatic heterocycles. The van der Waals surface area contributed by atoms with E-state index in [1.807, 2.05) is 42.5 Å². The summed E-state index contributed by atoms with van der Waals surface area (Å²) in [6, 6.07) is 19.9. The molecule has 0 saturated carbocycles. The third-order valence-corrected chi connectivity index (χ3v) is 8.57. The fourth-order valence-electron chi connectivity index (χ4n) is 5.38. The fraction of sp³-hybridized carbons (Fsp3) is 0.267. The first-order valence-electron chi connectivity index (χ1n) is 12.4. The molecule has 4 aromatic carbocycles. The molecule has 1 fully saturated rings. The number of aromatic hydroxyl groups is 1. The summed E-state index contributed by atoms with van der Waals surface area (Å²) in [5, 5.41) is 15.2. The normalized spacial score (nSPS) is 19.1. The Kier molecular flexibility index (Phi) is 6.32. The molecule has 4 aromatic rings. The van der Waals surface area contributed by atoms with Gasteiger partial charge in [0.15, 0.2) is 0 Å². The summed E-state index contributed by atoms with van der Waals surface area (Å²) in [5.41, 5.74) is 3.38. The van der Waals surface area contributed by atoms with Gasteiger partial charge in [0, 0.05) is 17.7 Å². The van der Waals surface area contributed by atoms with E-state index in [9.17, 15) is 13.9 Å². The Balaban J connectivity index is 1.34. The van der Waals surface area contributed by atoms with Gasteiger partial charge >= 0.3 is 0 Å². The van der Waals surface area contributed by atoms with E-state index in [0.29, 0.717) is 23.1 Å². The van der Waals surface area contributed by atoms with Crippen molar-refractivity contribution < 1.29 is 18.6 Å². The van der Waals surface area contributed by atoms with Gasteiger partial charge in [0.2, 0.25) is 0 Å². The first kappa shape index (κ1) is 23.3. The standard InChI is InChI=1S/C30H27F2NO2S/c31-20-16-26-25-10-6-19-15-22(34)7-11-24(19)28(25)29(36-30(26)27(32)17-20)18-4-8-23(9-5-18)35-14-12-21-3-1-2-13-33-21/h4-11,15-17,21,29,33-34H,1-3,12-14H2. The first-order chi connectivity index (χ1) is 17.6. The van der Waals surface area contributed by atoms with Crippen molar-refractivity contribution in [3.63, 3.8) is 0 Å². The minimum absolute atomic E-state index is 0.185. The monoisotopic (exact) mass is 503 g/mol. The maximum atomic E-state index is 14.9. The van der Waals surface area contributed by atoms with Crippen LogP contribution in [0, 0.1) is 11.6 Å². The summed E-state index contributed by atoms with van der Waals surface area (Å²) >= 11 is 1.40. The Labute approximate surface area is 213 Å². The van der Waals surface area contributed by atoms with E-state index in [1.54, 1.807) is 12.1 Å². The second-order valence-electron chi connectivity index (χ2n) is 9.55. The number of thioether (sulfide) groups is 1. The van der Waals surface area contributed by atoms with E-state index >= 15 is 0 Å². The van der Waals surface area contributed by atoms with Crippen LogP contribution < -0.4 is 10.1 Å². The van der Waals surface area contributed by atoms with Crippen molar-refractivity contribution >= 4 is 22.5 Å². The highest BCUT2D eigenvalue weighted by Gasteiger charge is 2.31. The van der Waals surface area contributed by atoms with Crippen molar-refractivity contribution in [1.82, 2.24) is 5.32 Å². The molecule has 0 amide bonds. The smallest absolute Gasteiger partial charge is 0.140 e. The van der Waals surface area contributed by atoms with Gasteiger partial charge in [-0.2, -0.15) is 0 Å². The largest absolute Gasteiger partial charge is 0.508 e. The second-order valence-corrected chi connectivity index (χ2v) is 10.7. The predicted molar refractivity (Wildman–Crippen MR) is 141 cm³/mol. The quantitative estimate of drug-likeness (QED) is 0.294. The molecule has 2 N–H and O–H groups in total. The highest BCUT2D eigenvalue weighted by molar-refractivity contribution is 8.00. The van der Waals surface area contributed by atoms with Crippen LogP contribution in [0.25, 0.3) is 21.9 Å². The number of rotatable bonds is 5. The maximum absolute atomic E-state index is 14.9. The molecule has 0 spiro atoms. The van der Waals surface area contributed by atoms with Gasteiger partial charge in [0.1, 0.15) is 23.1 Å². The third-order valence-electron chi connectivity index (χ3n) is 7.17. The number of ether oxygens (including phenoxy) is 1. The summed E-state index contributed by atoms with van der Waals surface area (Å²) in [4.78, 5) is 0.451. The molecular weight excluding hydrogens is 476 g/mol. The van der Waals surface area contributed by atoms with Crippen molar-refractivity contribution in [3.05, 3.63) is 89.5 Å². The first-order valence-corrected chi connectivity index (χ1v) is 13.3. The zero-order valence-corrected chi connectivity index (χ0v) is 20.6. The lowest BCUT2D eigenvalue weighted by Crippen LogP contribution is -2.35. The highest BCUT2D eigenvalue weighted by Crippen LogP contribution is 2.55. The molecule has 2 atom stereocenters. The number of phenols is 1. The van der Waals surface area contributed by atoms with Crippen molar-refractivity contribution in [3.8, 4) is 22.6 Å². The van der Waals surface area contributed by atoms with Gasteiger partial charge in [-0.25, -0.2) is 8.78 Å². The summed E-state index contributed by atoms with van der Waals surface area (Å²) in [7, 11) is 0. The zero-order chi connectivity index (χ0) is 24.6. The number of phenolic OH excluding ortho intramolecular Hbond substituents is 1. The Morgan fingerprint density at radius 3 is 2.61 bits per heavy atom. The lowest BCUT2D eigenvalue weighted by atomic mass is 9.89. The average Bonchev–Trinajstić information content (AvgIpc) is 2.89. The molecule has 3 nitrogen and oxygen atoms in total. The van der Waals surface area contributed by atoms with Crippen molar-refractivity contribution in [2.45, 2.75) is 41.9 Å². The molecule has 0 bridgehead atoms. The molecule has 6 heteroatoms.